The van der Waals surface area contributed by atoms with E-state index < -0.39 is 5.91 Å². The van der Waals surface area contributed by atoms with Gasteiger partial charge in [0.15, 0.2) is 17.3 Å². The minimum Gasteiger partial charge on any atom is -0.504 e. The van der Waals surface area contributed by atoms with Gasteiger partial charge in [0.25, 0.3) is 5.91 Å². The Morgan fingerprint density at radius 3 is 2.74 bits per heavy atom. The molecule has 1 amide bonds. The van der Waals surface area contributed by atoms with Gasteiger partial charge in [-0.05, 0) is 48.0 Å². The highest BCUT2D eigenvalue weighted by Crippen LogP contribution is 2.28. The molecule has 0 aliphatic carbocycles. The molecule has 138 valence electrons. The number of nitrogens with zero attached hydrogens (tertiary/aromatic N) is 2. The number of ether oxygens (including phenoxy) is 1. The third-order valence-corrected chi connectivity index (χ3v) is 3.90. The Morgan fingerprint density at radius 2 is 2.07 bits per heavy atom. The van der Waals surface area contributed by atoms with E-state index in [1.54, 1.807) is 36.4 Å². The molecule has 3 aromatic rings. The molecule has 0 fully saturated rings. The first-order valence-corrected chi connectivity index (χ1v) is 8.17. The Hall–Kier alpha value is -3.52. The molecule has 0 aliphatic heterocycles. The number of carbonyl (C=O) groups is 1. The number of nitrogens with two attached hydrogens (primary N) is 1. The molecule has 1 heterocycles. The number of phenolic OH excluding ortho intramolecular Hbond substituents is 1. The summed E-state index contributed by atoms with van der Waals surface area (Å²) >= 11 is 5.87. The van der Waals surface area contributed by atoms with Crippen LogP contribution in [-0.4, -0.2) is 34.5 Å². The lowest BCUT2D eigenvalue weighted by Gasteiger charge is -2.05. The van der Waals surface area contributed by atoms with Crippen LogP contribution in [0.25, 0.3) is 0 Å². The van der Waals surface area contributed by atoms with Crippen molar-refractivity contribution in [3.05, 3.63) is 58.6 Å². The fourth-order valence-corrected chi connectivity index (χ4v) is 2.46. The molecule has 0 aliphatic rings. The largest absolute Gasteiger partial charge is 0.504 e. The lowest BCUT2D eigenvalue weighted by Crippen LogP contribution is -2.12. The average Bonchev–Trinajstić information content (AvgIpc) is 3.05. The van der Waals surface area contributed by atoms with Gasteiger partial charge in [-0.15, -0.1) is 0 Å². The Morgan fingerprint density at radius 1 is 1.33 bits per heavy atom. The highest BCUT2D eigenvalue weighted by molar-refractivity contribution is 6.30. The maximum Gasteiger partial charge on any atom is 0.256 e. The van der Waals surface area contributed by atoms with E-state index in [4.69, 9.17) is 22.1 Å². The maximum absolute atomic E-state index is 11.9. The summed E-state index contributed by atoms with van der Waals surface area (Å²) in [5.41, 5.74) is 6.95. The standard InChI is InChI=1S/C18H16ClN5O3/c1-27-14-8-10(2-7-13(14)25)9-21-17-15(16(20)26)18(24-23-17)22-12-5-3-11(19)4-6-12/h2-9,25H,1H3,(H2,20,26)(H2,22,23,24). The Labute approximate surface area is 159 Å². The lowest BCUT2D eigenvalue weighted by molar-refractivity contribution is 0.100. The number of phenols is 1. The lowest BCUT2D eigenvalue weighted by atomic mass is 10.2. The zero-order valence-electron chi connectivity index (χ0n) is 14.2. The van der Waals surface area contributed by atoms with E-state index in [0.717, 1.165) is 0 Å². The second kappa shape index (κ2) is 7.79. The highest BCUT2D eigenvalue weighted by Gasteiger charge is 2.18. The number of carbonyl (C=O) groups excluding carboxylic acids is 1. The number of primary amides is 1. The molecule has 9 heteroatoms. The predicted octanol–water partition coefficient (Wildman–Crippen LogP) is 3.37. The number of aromatic nitrogens is 2. The molecule has 2 aromatic carbocycles. The van der Waals surface area contributed by atoms with Gasteiger partial charge in [-0.2, -0.15) is 5.10 Å². The van der Waals surface area contributed by atoms with Gasteiger partial charge in [-0.1, -0.05) is 11.6 Å². The third kappa shape index (κ3) is 4.18. The first kappa shape index (κ1) is 18.3. The molecule has 5 N–H and O–H groups in total. The first-order chi connectivity index (χ1) is 13.0. The smallest absolute Gasteiger partial charge is 0.256 e. The molecular formula is C18H16ClN5O3. The number of anilines is 2. The average molecular weight is 386 g/mol. The van der Waals surface area contributed by atoms with E-state index >= 15 is 0 Å². The monoisotopic (exact) mass is 385 g/mol. The van der Waals surface area contributed by atoms with Crippen molar-refractivity contribution in [2.24, 2.45) is 10.7 Å². The van der Waals surface area contributed by atoms with Gasteiger partial charge in [0.05, 0.1) is 7.11 Å². The summed E-state index contributed by atoms with van der Waals surface area (Å²) in [5, 5.41) is 20.0. The molecule has 8 nitrogen and oxygen atoms in total. The van der Waals surface area contributed by atoms with Gasteiger partial charge in [0.1, 0.15) is 11.4 Å². The molecule has 0 spiro atoms. The van der Waals surface area contributed by atoms with E-state index in [9.17, 15) is 9.90 Å². The summed E-state index contributed by atoms with van der Waals surface area (Å²) in [4.78, 5) is 16.1. The van der Waals surface area contributed by atoms with E-state index in [1.165, 1.54) is 19.4 Å². The summed E-state index contributed by atoms with van der Waals surface area (Å²) in [6.07, 6.45) is 1.48. The Balaban J connectivity index is 1.89. The van der Waals surface area contributed by atoms with Crippen molar-refractivity contribution in [3.8, 4) is 11.5 Å². The molecule has 0 unspecified atom stereocenters. The van der Waals surface area contributed by atoms with Gasteiger partial charge in [-0.3, -0.25) is 9.89 Å². The van der Waals surface area contributed by atoms with Crippen LogP contribution in [0.5, 0.6) is 11.5 Å². The minimum atomic E-state index is -0.685. The molecule has 27 heavy (non-hydrogen) atoms. The molecule has 0 saturated heterocycles. The van der Waals surface area contributed by atoms with E-state index in [2.05, 4.69) is 20.5 Å². The number of hydrogen-bond acceptors (Lipinski definition) is 6. The van der Waals surface area contributed by atoms with Crippen LogP contribution in [0, 0.1) is 0 Å². The zero-order valence-corrected chi connectivity index (χ0v) is 15.0. The van der Waals surface area contributed by atoms with Gasteiger partial charge in [0, 0.05) is 16.9 Å². The van der Waals surface area contributed by atoms with Crippen molar-refractivity contribution >= 4 is 41.0 Å². The number of halogens is 1. The Kier molecular flexibility index (Phi) is 5.28. The number of methoxy groups -OCH3 is 1. The summed E-state index contributed by atoms with van der Waals surface area (Å²) in [6, 6.07) is 11.6. The van der Waals surface area contributed by atoms with Crippen LogP contribution < -0.4 is 15.8 Å². The summed E-state index contributed by atoms with van der Waals surface area (Å²) < 4.78 is 5.05. The zero-order chi connectivity index (χ0) is 19.4. The maximum atomic E-state index is 11.9. The third-order valence-electron chi connectivity index (χ3n) is 3.65. The summed E-state index contributed by atoms with van der Waals surface area (Å²) in [6.45, 7) is 0. The number of rotatable bonds is 6. The van der Waals surface area contributed by atoms with Crippen molar-refractivity contribution in [2.75, 3.05) is 12.4 Å². The van der Waals surface area contributed by atoms with Gasteiger partial charge < -0.3 is 20.9 Å². The van der Waals surface area contributed by atoms with Crippen LogP contribution in [-0.2, 0) is 0 Å². The van der Waals surface area contributed by atoms with E-state index in [1.807, 2.05) is 0 Å². The van der Waals surface area contributed by atoms with Crippen LogP contribution in [0.2, 0.25) is 5.02 Å². The summed E-state index contributed by atoms with van der Waals surface area (Å²) in [7, 11) is 1.45. The topological polar surface area (TPSA) is 126 Å². The molecule has 0 radical (unpaired) electrons. The number of amides is 1. The van der Waals surface area contributed by atoms with Crippen LogP contribution >= 0.6 is 11.6 Å². The quantitative estimate of drug-likeness (QED) is 0.484. The second-order valence-electron chi connectivity index (χ2n) is 5.48. The molecule has 0 atom stereocenters. The number of aromatic hydroxyl groups is 1. The van der Waals surface area contributed by atoms with Crippen LogP contribution in [0.4, 0.5) is 17.3 Å². The molecule has 0 bridgehead atoms. The number of nitrogens with one attached hydrogen (secondary N) is 2. The molecule has 3 rings (SSSR count). The first-order valence-electron chi connectivity index (χ1n) is 7.79. The summed E-state index contributed by atoms with van der Waals surface area (Å²) in [5.74, 6) is 0.0878. The van der Waals surface area contributed by atoms with Crippen molar-refractivity contribution in [2.45, 2.75) is 0 Å². The van der Waals surface area contributed by atoms with Gasteiger partial charge in [-0.25, -0.2) is 4.99 Å². The molecule has 0 saturated carbocycles. The fraction of sp³-hybridized carbons (Fsp3) is 0.0556. The SMILES string of the molecule is COc1cc(C=Nc2n[nH]c(Nc3ccc(Cl)cc3)c2C(N)=O)ccc1O. The van der Waals surface area contributed by atoms with Crippen molar-refractivity contribution in [1.29, 1.82) is 0 Å². The van der Waals surface area contributed by atoms with Crippen LogP contribution in [0.3, 0.4) is 0 Å². The fourth-order valence-electron chi connectivity index (χ4n) is 2.34. The Bertz CT molecular complexity index is 999. The minimum absolute atomic E-state index is 0.0155. The molecular weight excluding hydrogens is 370 g/mol. The van der Waals surface area contributed by atoms with Crippen LogP contribution in [0.1, 0.15) is 15.9 Å². The van der Waals surface area contributed by atoms with Crippen molar-refractivity contribution in [1.82, 2.24) is 10.2 Å². The number of hydrogen-bond donors (Lipinski definition) is 4. The number of aliphatic imine (C=N–C) groups is 1. The van der Waals surface area contributed by atoms with Crippen LogP contribution in [0.15, 0.2) is 47.5 Å². The highest BCUT2D eigenvalue weighted by atomic mass is 35.5. The predicted molar refractivity (Wildman–Crippen MR) is 104 cm³/mol. The van der Waals surface area contributed by atoms with Gasteiger partial charge in [0.2, 0.25) is 0 Å². The number of aromatic amines is 1. The normalized spacial score (nSPS) is 10.9. The van der Waals surface area contributed by atoms with E-state index in [0.29, 0.717) is 27.8 Å². The van der Waals surface area contributed by atoms with E-state index in [-0.39, 0.29) is 17.1 Å². The van der Waals surface area contributed by atoms with Gasteiger partial charge >= 0.3 is 0 Å². The molecule has 1 aromatic heterocycles. The van der Waals surface area contributed by atoms with Crippen molar-refractivity contribution < 1.29 is 14.6 Å². The second-order valence-corrected chi connectivity index (χ2v) is 5.92. The number of benzene rings is 2. The van der Waals surface area contributed by atoms with Crippen molar-refractivity contribution in [3.63, 3.8) is 0 Å². The number of H-pyrrole nitrogens is 1.